The first-order valence-electron chi connectivity index (χ1n) is 7.32. The Morgan fingerprint density at radius 1 is 1.29 bits per heavy atom. The normalized spacial score (nSPS) is 16.4. The zero-order valence-corrected chi connectivity index (χ0v) is 11.9. The van der Waals surface area contributed by atoms with Gasteiger partial charge in [0, 0.05) is 18.7 Å². The van der Waals surface area contributed by atoms with Crippen LogP contribution in [0.3, 0.4) is 0 Å². The molecule has 0 saturated heterocycles. The topological polar surface area (TPSA) is 92.5 Å². The second kappa shape index (κ2) is 7.17. The van der Waals surface area contributed by atoms with Gasteiger partial charge in [-0.2, -0.15) is 0 Å². The minimum atomic E-state index is -1.25. The van der Waals surface area contributed by atoms with Crippen molar-refractivity contribution >= 4 is 11.7 Å². The molecular formula is C15H20N2O4. The standard InChI is InChI=1S/C15H20N2O4/c18-15(19)14-11(6-5-9-13(14)17(20)21)10-16-12-7-3-1-2-4-8-12/h5-6,9,12,16H,1-4,7-8,10H2,(H,18,19). The van der Waals surface area contributed by atoms with Crippen molar-refractivity contribution in [2.45, 2.75) is 51.1 Å². The molecule has 0 atom stereocenters. The molecule has 114 valence electrons. The highest BCUT2D eigenvalue weighted by molar-refractivity contribution is 5.94. The van der Waals surface area contributed by atoms with Crippen molar-refractivity contribution in [2.75, 3.05) is 0 Å². The fraction of sp³-hybridized carbons (Fsp3) is 0.533. The quantitative estimate of drug-likeness (QED) is 0.494. The smallest absolute Gasteiger partial charge is 0.343 e. The van der Waals surface area contributed by atoms with E-state index in [-0.39, 0.29) is 11.3 Å². The van der Waals surface area contributed by atoms with Crippen LogP contribution < -0.4 is 5.32 Å². The highest BCUT2D eigenvalue weighted by Crippen LogP contribution is 2.23. The second-order valence-corrected chi connectivity index (χ2v) is 5.44. The van der Waals surface area contributed by atoms with E-state index in [2.05, 4.69) is 5.32 Å². The first-order valence-corrected chi connectivity index (χ1v) is 7.32. The van der Waals surface area contributed by atoms with Crippen molar-refractivity contribution in [1.29, 1.82) is 0 Å². The molecule has 6 nitrogen and oxygen atoms in total. The molecule has 0 bridgehead atoms. The summed E-state index contributed by atoms with van der Waals surface area (Å²) in [4.78, 5) is 21.6. The van der Waals surface area contributed by atoms with Gasteiger partial charge in [0.15, 0.2) is 0 Å². The number of hydrogen-bond donors (Lipinski definition) is 2. The minimum Gasteiger partial charge on any atom is -0.477 e. The van der Waals surface area contributed by atoms with Crippen LogP contribution in [0, 0.1) is 10.1 Å². The van der Waals surface area contributed by atoms with Gasteiger partial charge in [0.05, 0.1) is 4.92 Å². The molecule has 21 heavy (non-hydrogen) atoms. The number of rotatable bonds is 5. The summed E-state index contributed by atoms with van der Waals surface area (Å²) in [6.45, 7) is 0.355. The number of carboxylic acid groups (broad SMARTS) is 1. The fourth-order valence-corrected chi connectivity index (χ4v) is 2.87. The summed E-state index contributed by atoms with van der Waals surface area (Å²) in [7, 11) is 0. The zero-order chi connectivity index (χ0) is 15.2. The SMILES string of the molecule is O=C(O)c1c(CNC2CCCCCC2)cccc1[N+](=O)[O-]. The molecule has 0 aromatic heterocycles. The van der Waals surface area contributed by atoms with Gasteiger partial charge in [-0.05, 0) is 18.4 Å². The number of hydrogen-bond acceptors (Lipinski definition) is 4. The molecule has 0 spiro atoms. The van der Waals surface area contributed by atoms with Crippen LogP contribution >= 0.6 is 0 Å². The Kier molecular flexibility index (Phi) is 5.27. The Bertz CT molecular complexity index is 522. The number of carboxylic acids is 1. The van der Waals surface area contributed by atoms with Crippen LogP contribution in [0.2, 0.25) is 0 Å². The van der Waals surface area contributed by atoms with Crippen LogP contribution in [0.4, 0.5) is 5.69 Å². The summed E-state index contributed by atoms with van der Waals surface area (Å²) >= 11 is 0. The summed E-state index contributed by atoms with van der Waals surface area (Å²) < 4.78 is 0. The van der Waals surface area contributed by atoms with Crippen LogP contribution in [-0.2, 0) is 6.54 Å². The van der Waals surface area contributed by atoms with E-state index in [4.69, 9.17) is 0 Å². The van der Waals surface area contributed by atoms with Crippen molar-refractivity contribution in [3.63, 3.8) is 0 Å². The van der Waals surface area contributed by atoms with Gasteiger partial charge < -0.3 is 10.4 Å². The third-order valence-corrected chi connectivity index (χ3v) is 3.98. The molecular weight excluding hydrogens is 272 g/mol. The molecule has 0 amide bonds. The second-order valence-electron chi connectivity index (χ2n) is 5.44. The van der Waals surface area contributed by atoms with E-state index in [1.165, 1.54) is 37.8 Å². The molecule has 2 rings (SSSR count). The number of benzene rings is 1. The van der Waals surface area contributed by atoms with Gasteiger partial charge in [-0.3, -0.25) is 10.1 Å². The van der Waals surface area contributed by atoms with Gasteiger partial charge in [-0.25, -0.2) is 4.79 Å². The lowest BCUT2D eigenvalue weighted by molar-refractivity contribution is -0.385. The van der Waals surface area contributed by atoms with E-state index in [9.17, 15) is 20.0 Å². The van der Waals surface area contributed by atoms with Crippen LogP contribution in [0.1, 0.15) is 54.4 Å². The van der Waals surface area contributed by atoms with Crippen LogP contribution in [0.15, 0.2) is 18.2 Å². The van der Waals surface area contributed by atoms with Gasteiger partial charge in [0.1, 0.15) is 5.56 Å². The number of carbonyl (C=O) groups is 1. The molecule has 6 heteroatoms. The molecule has 1 fully saturated rings. The predicted octanol–water partition coefficient (Wildman–Crippen LogP) is 3.11. The third kappa shape index (κ3) is 4.01. The molecule has 1 aliphatic carbocycles. The van der Waals surface area contributed by atoms with Gasteiger partial charge in [0.25, 0.3) is 5.69 Å². The Balaban J connectivity index is 2.13. The molecule has 1 aromatic rings. The van der Waals surface area contributed by atoms with Crippen molar-refractivity contribution < 1.29 is 14.8 Å². The van der Waals surface area contributed by atoms with E-state index in [0.717, 1.165) is 12.8 Å². The van der Waals surface area contributed by atoms with Crippen LogP contribution in [0.5, 0.6) is 0 Å². The molecule has 1 aliphatic rings. The van der Waals surface area contributed by atoms with Gasteiger partial charge >= 0.3 is 5.97 Å². The van der Waals surface area contributed by atoms with E-state index in [1.807, 2.05) is 0 Å². The predicted molar refractivity (Wildman–Crippen MR) is 78.4 cm³/mol. The Hall–Kier alpha value is -1.95. The summed E-state index contributed by atoms with van der Waals surface area (Å²) in [5, 5.41) is 23.6. The van der Waals surface area contributed by atoms with Crippen molar-refractivity contribution in [1.82, 2.24) is 5.32 Å². The maximum Gasteiger partial charge on any atom is 0.343 e. The van der Waals surface area contributed by atoms with E-state index < -0.39 is 10.9 Å². The summed E-state index contributed by atoms with van der Waals surface area (Å²) in [6.07, 6.45) is 7.01. The van der Waals surface area contributed by atoms with Crippen molar-refractivity contribution in [2.24, 2.45) is 0 Å². The number of aromatic carboxylic acids is 1. The van der Waals surface area contributed by atoms with Gasteiger partial charge in [-0.15, -0.1) is 0 Å². The average Bonchev–Trinajstić information content (AvgIpc) is 2.73. The molecule has 2 N–H and O–H groups in total. The summed E-state index contributed by atoms with van der Waals surface area (Å²) in [5.41, 5.74) is -0.0766. The average molecular weight is 292 g/mol. The number of nitrogens with one attached hydrogen (secondary N) is 1. The lowest BCUT2D eigenvalue weighted by atomic mass is 10.0. The molecule has 0 unspecified atom stereocenters. The highest BCUT2D eigenvalue weighted by atomic mass is 16.6. The Labute approximate surface area is 123 Å². The number of nitrogens with zero attached hydrogens (tertiary/aromatic N) is 1. The maximum atomic E-state index is 11.3. The van der Waals surface area contributed by atoms with E-state index in [0.29, 0.717) is 18.2 Å². The lowest BCUT2D eigenvalue weighted by Crippen LogP contribution is -2.28. The molecule has 0 aliphatic heterocycles. The molecule has 1 saturated carbocycles. The lowest BCUT2D eigenvalue weighted by Gasteiger charge is -2.17. The van der Waals surface area contributed by atoms with Gasteiger partial charge in [-0.1, -0.05) is 37.8 Å². The van der Waals surface area contributed by atoms with Crippen molar-refractivity contribution in [3.8, 4) is 0 Å². The first kappa shape index (κ1) is 15.4. The van der Waals surface area contributed by atoms with Crippen LogP contribution in [0.25, 0.3) is 0 Å². The number of nitro groups is 1. The number of nitro benzene ring substituents is 1. The Morgan fingerprint density at radius 3 is 2.52 bits per heavy atom. The summed E-state index contributed by atoms with van der Waals surface area (Å²) in [6, 6.07) is 4.78. The van der Waals surface area contributed by atoms with E-state index >= 15 is 0 Å². The maximum absolute atomic E-state index is 11.3. The minimum absolute atomic E-state index is 0.205. The molecule has 0 heterocycles. The van der Waals surface area contributed by atoms with Crippen LogP contribution in [-0.4, -0.2) is 22.0 Å². The largest absolute Gasteiger partial charge is 0.477 e. The van der Waals surface area contributed by atoms with Gasteiger partial charge in [0.2, 0.25) is 0 Å². The molecule has 1 aromatic carbocycles. The monoisotopic (exact) mass is 292 g/mol. The summed E-state index contributed by atoms with van der Waals surface area (Å²) in [5.74, 6) is -1.25. The third-order valence-electron chi connectivity index (χ3n) is 3.98. The Morgan fingerprint density at radius 2 is 1.95 bits per heavy atom. The van der Waals surface area contributed by atoms with Crippen molar-refractivity contribution in [3.05, 3.63) is 39.4 Å². The molecule has 0 radical (unpaired) electrons. The fourth-order valence-electron chi connectivity index (χ4n) is 2.87. The first-order chi connectivity index (χ1) is 10.1. The zero-order valence-electron chi connectivity index (χ0n) is 11.9. The highest BCUT2D eigenvalue weighted by Gasteiger charge is 2.23. The van der Waals surface area contributed by atoms with E-state index in [1.54, 1.807) is 6.07 Å².